The first-order valence-corrected chi connectivity index (χ1v) is 18.9. The summed E-state index contributed by atoms with van der Waals surface area (Å²) in [5, 5.41) is 13.9. The third-order valence-electron chi connectivity index (χ3n) is 11.3. The zero-order valence-electron chi connectivity index (χ0n) is 28.3. The number of carbonyl (C=O) groups is 4. The third kappa shape index (κ3) is 5.35. The van der Waals surface area contributed by atoms with Crippen molar-refractivity contribution in [1.29, 1.82) is 0 Å². The molecule has 2 heterocycles. The number of fused-ring (bicyclic) bond motifs is 4. The molecule has 270 valence electrons. The van der Waals surface area contributed by atoms with Gasteiger partial charge >= 0.3 is 0 Å². The smallest absolute Gasteiger partial charge is 0.241 e. The molecule has 1 saturated carbocycles. The number of rotatable bonds is 6. The van der Waals surface area contributed by atoms with E-state index in [0.29, 0.717) is 15.7 Å². The van der Waals surface area contributed by atoms with Crippen molar-refractivity contribution in [1.82, 2.24) is 0 Å². The molecule has 0 spiro atoms. The summed E-state index contributed by atoms with van der Waals surface area (Å²) in [6.07, 6.45) is 2.31. The number of ether oxygens (including phenoxy) is 1. The minimum absolute atomic E-state index is 0.122. The number of nitrogens with zero attached hydrogens (tertiary/aromatic N) is 2. The minimum atomic E-state index is -1.40. The molecule has 2 aliphatic carbocycles. The molecule has 2 aliphatic heterocycles. The Balaban J connectivity index is 1.22. The fourth-order valence-corrected chi connectivity index (χ4v) is 9.97. The lowest BCUT2D eigenvalue weighted by Crippen LogP contribution is -2.49. The predicted octanol–water partition coefficient (Wildman–Crippen LogP) is 8.90. The van der Waals surface area contributed by atoms with Gasteiger partial charge in [0.25, 0.3) is 0 Å². The van der Waals surface area contributed by atoms with Crippen molar-refractivity contribution in [2.75, 3.05) is 22.2 Å². The van der Waals surface area contributed by atoms with Crippen molar-refractivity contribution in [2.24, 2.45) is 29.1 Å². The molecular weight excluding hydrogens is 833 g/mol. The van der Waals surface area contributed by atoms with E-state index in [9.17, 15) is 28.7 Å². The van der Waals surface area contributed by atoms with Gasteiger partial charge in [-0.25, -0.2) is 9.29 Å². The van der Waals surface area contributed by atoms with Gasteiger partial charge in [-0.15, -0.1) is 0 Å². The van der Waals surface area contributed by atoms with Crippen molar-refractivity contribution in [3.8, 4) is 11.5 Å². The number of amides is 4. The van der Waals surface area contributed by atoms with Crippen LogP contribution in [0.3, 0.4) is 0 Å². The van der Waals surface area contributed by atoms with Crippen molar-refractivity contribution in [3.05, 3.63) is 116 Å². The van der Waals surface area contributed by atoms with Crippen molar-refractivity contribution in [3.63, 3.8) is 0 Å². The lowest BCUT2D eigenvalue weighted by molar-refractivity contribution is -0.131. The summed E-state index contributed by atoms with van der Waals surface area (Å²) in [5.41, 5.74) is 2.13. The van der Waals surface area contributed by atoms with E-state index < -0.39 is 52.6 Å². The van der Waals surface area contributed by atoms with E-state index in [2.05, 4.69) is 37.2 Å². The van der Waals surface area contributed by atoms with E-state index in [0.717, 1.165) is 27.9 Å². The maximum Gasteiger partial charge on any atom is 0.241 e. The summed E-state index contributed by atoms with van der Waals surface area (Å²) >= 11 is 13.2. The molecule has 8 rings (SSSR count). The van der Waals surface area contributed by atoms with Crippen LogP contribution in [0.5, 0.6) is 11.5 Å². The van der Waals surface area contributed by atoms with Gasteiger partial charge in [0.05, 0.1) is 51.1 Å². The average molecular weight is 864 g/mol. The van der Waals surface area contributed by atoms with Gasteiger partial charge in [0, 0.05) is 21.8 Å². The minimum Gasteiger partial charge on any atom is -0.503 e. The fraction of sp³-hybridized carbons (Fsp3) is 0.250. The lowest BCUT2D eigenvalue weighted by atomic mass is 9.51. The van der Waals surface area contributed by atoms with E-state index >= 15 is 0 Å². The zero-order chi connectivity index (χ0) is 37.5. The molecular formula is C40H31Br2ClFN3O6. The third-order valence-corrected chi connectivity index (χ3v) is 13.8. The fourth-order valence-electron chi connectivity index (χ4n) is 8.84. The van der Waals surface area contributed by atoms with Gasteiger partial charge < -0.3 is 15.2 Å². The molecule has 2 N–H and O–H groups in total. The van der Waals surface area contributed by atoms with Gasteiger partial charge in [-0.2, -0.15) is 0 Å². The number of aromatic hydroxyl groups is 1. The van der Waals surface area contributed by atoms with Gasteiger partial charge in [0.15, 0.2) is 11.5 Å². The zero-order valence-corrected chi connectivity index (χ0v) is 32.2. The first kappa shape index (κ1) is 35.5. The van der Waals surface area contributed by atoms with E-state index in [1.807, 2.05) is 48.5 Å². The summed E-state index contributed by atoms with van der Waals surface area (Å²) in [6, 6.07) is 22.0. The number of anilines is 4. The number of hydrogen-bond acceptors (Lipinski definition) is 7. The Morgan fingerprint density at radius 2 is 1.55 bits per heavy atom. The summed E-state index contributed by atoms with van der Waals surface area (Å²) in [5.74, 6) is -6.24. The van der Waals surface area contributed by atoms with Crippen LogP contribution < -0.4 is 19.9 Å². The number of nitrogens with one attached hydrogen (secondary N) is 1. The Morgan fingerprint density at radius 3 is 2.23 bits per heavy atom. The number of para-hydroxylation sites is 1. The second-order valence-electron chi connectivity index (χ2n) is 14.0. The van der Waals surface area contributed by atoms with Crippen LogP contribution in [0.15, 0.2) is 99.5 Å². The van der Waals surface area contributed by atoms with Gasteiger partial charge in [0.1, 0.15) is 5.82 Å². The number of carbonyl (C=O) groups excluding carboxylic acids is 4. The van der Waals surface area contributed by atoms with E-state index in [1.165, 1.54) is 24.1 Å². The number of phenols is 1. The molecule has 3 fully saturated rings. The van der Waals surface area contributed by atoms with Gasteiger partial charge in [0.2, 0.25) is 23.6 Å². The molecule has 0 bridgehead atoms. The predicted molar refractivity (Wildman–Crippen MR) is 205 cm³/mol. The summed E-state index contributed by atoms with van der Waals surface area (Å²) < 4.78 is 20.5. The van der Waals surface area contributed by atoms with Crippen LogP contribution in [0, 0.1) is 34.9 Å². The Bertz CT molecular complexity index is 2270. The Labute approximate surface area is 326 Å². The summed E-state index contributed by atoms with van der Waals surface area (Å²) in [7, 11) is 1.41. The normalized spacial score (nSPS) is 26.3. The topological polar surface area (TPSA) is 116 Å². The number of allylic oxidation sites excluding steroid dienone is 2. The highest BCUT2D eigenvalue weighted by molar-refractivity contribution is 9.13. The van der Waals surface area contributed by atoms with Crippen molar-refractivity contribution < 1.29 is 33.4 Å². The summed E-state index contributed by atoms with van der Waals surface area (Å²) in [4.78, 5) is 60.2. The van der Waals surface area contributed by atoms with E-state index in [4.69, 9.17) is 16.3 Å². The highest BCUT2D eigenvalue weighted by atomic mass is 79.9. The number of benzene rings is 4. The van der Waals surface area contributed by atoms with Crippen LogP contribution in [0.2, 0.25) is 5.02 Å². The summed E-state index contributed by atoms with van der Waals surface area (Å²) in [6.45, 7) is 1.73. The van der Waals surface area contributed by atoms with Gasteiger partial charge in [-0.3, -0.25) is 24.1 Å². The van der Waals surface area contributed by atoms with Crippen LogP contribution in [0.25, 0.3) is 0 Å². The number of phenolic OH excluding ortho intramolecular Hbond substituents is 1. The molecule has 0 radical (unpaired) electrons. The molecule has 4 aromatic rings. The Kier molecular flexibility index (Phi) is 8.78. The lowest BCUT2D eigenvalue weighted by Gasteiger charge is -2.49. The quantitative estimate of drug-likeness (QED) is 0.147. The highest BCUT2D eigenvalue weighted by Gasteiger charge is 2.68. The standard InChI is InChI=1S/C40H31Br2ClFN3O6/c1-40-27(37(50)47(39(40)52)22-12-15-29(44)28(43)16-22)17-25-23(32(40)26-18-30(53-2)35(48)34(42)33(26)41)13-14-24-31(25)38(51)46(36(24)49)21-10-8-20(9-11-21)45-19-6-4-3-5-7-19/h3-13,15-16,18,24-25,27,31-32,45,48H,14,17H2,1-2H3. The van der Waals surface area contributed by atoms with E-state index in [-0.39, 0.29) is 51.3 Å². The molecule has 6 atom stereocenters. The first-order chi connectivity index (χ1) is 25.4. The SMILES string of the molecule is COc1cc(C2C3=CCC4C(=O)N(c5ccc(Nc6ccccc6)cc5)C(=O)C4C3CC3C(=O)N(c4ccc(F)c(Cl)c4)C(=O)C32C)c(Br)c(Br)c1O. The molecule has 6 unspecified atom stereocenters. The van der Waals surface area contributed by atoms with Crippen molar-refractivity contribution in [2.45, 2.75) is 25.7 Å². The molecule has 13 heteroatoms. The second-order valence-corrected chi connectivity index (χ2v) is 15.9. The van der Waals surface area contributed by atoms with Crippen LogP contribution >= 0.6 is 43.5 Å². The molecule has 4 aliphatic rings. The molecule has 0 aromatic heterocycles. The van der Waals surface area contributed by atoms with Crippen LogP contribution in [0.1, 0.15) is 31.2 Å². The molecule has 4 amide bonds. The Morgan fingerprint density at radius 1 is 0.868 bits per heavy atom. The van der Waals surface area contributed by atoms with E-state index in [1.54, 1.807) is 25.1 Å². The number of halogens is 4. The number of imide groups is 2. The first-order valence-electron chi connectivity index (χ1n) is 16.9. The highest BCUT2D eigenvalue weighted by Crippen LogP contribution is 2.65. The van der Waals surface area contributed by atoms with Crippen LogP contribution in [-0.4, -0.2) is 35.8 Å². The molecule has 9 nitrogen and oxygen atoms in total. The van der Waals surface area contributed by atoms with Crippen LogP contribution in [-0.2, 0) is 19.2 Å². The van der Waals surface area contributed by atoms with Crippen LogP contribution in [0.4, 0.5) is 27.1 Å². The number of methoxy groups -OCH3 is 1. The number of hydrogen-bond donors (Lipinski definition) is 2. The monoisotopic (exact) mass is 861 g/mol. The van der Waals surface area contributed by atoms with Gasteiger partial charge in [-0.05, 0) is 124 Å². The van der Waals surface area contributed by atoms with Crippen molar-refractivity contribution >= 4 is 89.8 Å². The largest absolute Gasteiger partial charge is 0.503 e. The molecule has 4 aromatic carbocycles. The average Bonchev–Trinajstić information content (AvgIpc) is 3.52. The van der Waals surface area contributed by atoms with Gasteiger partial charge in [-0.1, -0.05) is 41.4 Å². The molecule has 53 heavy (non-hydrogen) atoms. The maximum absolute atomic E-state index is 14.8. The second kappa shape index (κ2) is 13.1. The molecule has 2 saturated heterocycles. The maximum atomic E-state index is 14.8. The Hall–Kier alpha value is -4.52.